The maximum absolute atomic E-state index is 12.1. The maximum atomic E-state index is 12.1. The quantitative estimate of drug-likeness (QED) is 0.910. The van der Waals surface area contributed by atoms with E-state index >= 15 is 0 Å². The lowest BCUT2D eigenvalue weighted by atomic mass is 9.97. The highest BCUT2D eigenvalue weighted by Crippen LogP contribution is 2.18. The molecule has 0 bridgehead atoms. The molecule has 1 aliphatic heterocycles. The van der Waals surface area contributed by atoms with Crippen LogP contribution < -0.4 is 10.6 Å². The number of nitrogens with one attached hydrogen (secondary N) is 2. The van der Waals surface area contributed by atoms with Crippen molar-refractivity contribution in [3.05, 3.63) is 48.0 Å². The van der Waals surface area contributed by atoms with E-state index in [1.165, 1.54) is 16.3 Å². The molecule has 2 aromatic carbocycles. The predicted molar refractivity (Wildman–Crippen MR) is 93.5 cm³/mol. The average Bonchev–Trinajstić information content (AvgIpc) is 2.56. The lowest BCUT2D eigenvalue weighted by Crippen LogP contribution is -2.38. The fraction of sp³-hybridized carbons (Fsp3) is 0.389. The standard InChI is InChI=1S/C18H22N2O.ClH/c21-18(16-8-11-19-12-9-16)20-13-10-15-6-3-5-14-4-1-2-7-17(14)15;/h1-7,16,19H,8-13H2,(H,20,21);1H. The Morgan fingerprint density at radius 3 is 2.64 bits per heavy atom. The zero-order chi connectivity index (χ0) is 14.5. The van der Waals surface area contributed by atoms with Gasteiger partial charge in [0.2, 0.25) is 5.91 Å². The first-order chi connectivity index (χ1) is 10.3. The number of halogens is 1. The molecule has 0 aliphatic carbocycles. The third-order valence-corrected chi connectivity index (χ3v) is 4.28. The van der Waals surface area contributed by atoms with Crippen molar-refractivity contribution >= 4 is 29.1 Å². The van der Waals surface area contributed by atoms with Gasteiger partial charge in [0.15, 0.2) is 0 Å². The van der Waals surface area contributed by atoms with Gasteiger partial charge in [0, 0.05) is 12.5 Å². The van der Waals surface area contributed by atoms with Crippen LogP contribution in [0, 0.1) is 5.92 Å². The third kappa shape index (κ3) is 3.99. The van der Waals surface area contributed by atoms with Crippen molar-refractivity contribution in [1.29, 1.82) is 0 Å². The summed E-state index contributed by atoms with van der Waals surface area (Å²) in [5, 5.41) is 8.94. The minimum Gasteiger partial charge on any atom is -0.356 e. The molecule has 1 aliphatic rings. The number of hydrogen-bond donors (Lipinski definition) is 2. The molecule has 0 atom stereocenters. The van der Waals surface area contributed by atoms with Crippen molar-refractivity contribution in [3.8, 4) is 0 Å². The fourth-order valence-corrected chi connectivity index (χ4v) is 3.06. The molecule has 1 fully saturated rings. The van der Waals surface area contributed by atoms with Crippen molar-refractivity contribution in [2.24, 2.45) is 5.92 Å². The molecular formula is C18H23ClN2O. The highest BCUT2D eigenvalue weighted by Gasteiger charge is 2.20. The second-order valence-corrected chi connectivity index (χ2v) is 5.70. The number of amides is 1. The molecule has 2 aromatic rings. The minimum atomic E-state index is 0. The van der Waals surface area contributed by atoms with Gasteiger partial charge in [0.1, 0.15) is 0 Å². The van der Waals surface area contributed by atoms with Gasteiger partial charge >= 0.3 is 0 Å². The summed E-state index contributed by atoms with van der Waals surface area (Å²) in [5.41, 5.74) is 1.30. The van der Waals surface area contributed by atoms with E-state index < -0.39 is 0 Å². The van der Waals surface area contributed by atoms with E-state index in [1.807, 2.05) is 0 Å². The Labute approximate surface area is 137 Å². The number of carbonyl (C=O) groups is 1. The van der Waals surface area contributed by atoms with Crippen LogP contribution in [0.5, 0.6) is 0 Å². The lowest BCUT2D eigenvalue weighted by Gasteiger charge is -2.21. The van der Waals surface area contributed by atoms with Crippen LogP contribution in [0.1, 0.15) is 18.4 Å². The molecule has 3 rings (SSSR count). The van der Waals surface area contributed by atoms with Crippen LogP contribution in [0.3, 0.4) is 0 Å². The predicted octanol–water partition coefficient (Wildman–Crippen LogP) is 2.92. The van der Waals surface area contributed by atoms with Crippen LogP contribution in [-0.2, 0) is 11.2 Å². The zero-order valence-corrected chi connectivity index (χ0v) is 13.5. The molecule has 0 radical (unpaired) electrons. The zero-order valence-electron chi connectivity index (χ0n) is 12.7. The molecule has 0 spiro atoms. The van der Waals surface area contributed by atoms with E-state index in [4.69, 9.17) is 0 Å². The summed E-state index contributed by atoms with van der Waals surface area (Å²) in [6.07, 6.45) is 2.80. The van der Waals surface area contributed by atoms with Crippen LogP contribution in [0.25, 0.3) is 10.8 Å². The van der Waals surface area contributed by atoms with Gasteiger partial charge in [-0.25, -0.2) is 0 Å². The van der Waals surface area contributed by atoms with Crippen molar-refractivity contribution in [2.45, 2.75) is 19.3 Å². The lowest BCUT2D eigenvalue weighted by molar-refractivity contribution is -0.125. The molecule has 1 heterocycles. The number of hydrogen-bond acceptors (Lipinski definition) is 2. The summed E-state index contributed by atoms with van der Waals surface area (Å²) >= 11 is 0. The van der Waals surface area contributed by atoms with Gasteiger partial charge in [-0.05, 0) is 48.7 Å². The first kappa shape index (κ1) is 16.8. The number of carbonyl (C=O) groups excluding carboxylic acids is 1. The van der Waals surface area contributed by atoms with Crippen LogP contribution >= 0.6 is 12.4 Å². The molecule has 22 heavy (non-hydrogen) atoms. The largest absolute Gasteiger partial charge is 0.356 e. The van der Waals surface area contributed by atoms with E-state index in [2.05, 4.69) is 53.1 Å². The summed E-state index contributed by atoms with van der Waals surface area (Å²) in [5.74, 6) is 0.413. The Bertz CT molecular complexity index is 618. The Balaban J connectivity index is 0.00000176. The van der Waals surface area contributed by atoms with Crippen molar-refractivity contribution in [2.75, 3.05) is 19.6 Å². The number of rotatable bonds is 4. The molecular weight excluding hydrogens is 296 g/mol. The number of fused-ring (bicyclic) bond motifs is 1. The van der Waals surface area contributed by atoms with Crippen molar-refractivity contribution < 1.29 is 4.79 Å². The summed E-state index contributed by atoms with van der Waals surface area (Å²) in [6, 6.07) is 14.8. The van der Waals surface area contributed by atoms with Gasteiger partial charge in [-0.3, -0.25) is 4.79 Å². The first-order valence-corrected chi connectivity index (χ1v) is 7.79. The van der Waals surface area contributed by atoms with Gasteiger partial charge in [-0.15, -0.1) is 12.4 Å². The van der Waals surface area contributed by atoms with Gasteiger partial charge in [-0.1, -0.05) is 42.5 Å². The molecule has 2 N–H and O–H groups in total. The number of piperidine rings is 1. The molecule has 1 amide bonds. The molecule has 0 aromatic heterocycles. The maximum Gasteiger partial charge on any atom is 0.223 e. The second-order valence-electron chi connectivity index (χ2n) is 5.70. The SMILES string of the molecule is Cl.O=C(NCCc1cccc2ccccc12)C1CCNCC1. The monoisotopic (exact) mass is 318 g/mol. The van der Waals surface area contributed by atoms with Gasteiger partial charge in [0.25, 0.3) is 0 Å². The molecule has 0 saturated carbocycles. The Kier molecular flexibility index (Phi) is 6.22. The smallest absolute Gasteiger partial charge is 0.223 e. The van der Waals surface area contributed by atoms with Gasteiger partial charge in [0.05, 0.1) is 0 Å². The Morgan fingerprint density at radius 1 is 1.09 bits per heavy atom. The normalized spacial score (nSPS) is 15.3. The Morgan fingerprint density at radius 2 is 1.82 bits per heavy atom. The van der Waals surface area contributed by atoms with Crippen LogP contribution in [0.15, 0.2) is 42.5 Å². The average molecular weight is 319 g/mol. The fourth-order valence-electron chi connectivity index (χ4n) is 3.06. The molecule has 118 valence electrons. The van der Waals surface area contributed by atoms with E-state index in [0.717, 1.165) is 38.9 Å². The summed E-state index contributed by atoms with van der Waals surface area (Å²) in [7, 11) is 0. The molecule has 4 heteroatoms. The first-order valence-electron chi connectivity index (χ1n) is 7.79. The van der Waals surface area contributed by atoms with Crippen LogP contribution in [-0.4, -0.2) is 25.5 Å². The highest BCUT2D eigenvalue weighted by molar-refractivity contribution is 5.86. The van der Waals surface area contributed by atoms with Crippen molar-refractivity contribution in [1.82, 2.24) is 10.6 Å². The molecule has 3 nitrogen and oxygen atoms in total. The Hall–Kier alpha value is -1.58. The van der Waals surface area contributed by atoms with Gasteiger partial charge in [-0.2, -0.15) is 0 Å². The van der Waals surface area contributed by atoms with Crippen LogP contribution in [0.4, 0.5) is 0 Å². The highest BCUT2D eigenvalue weighted by atomic mass is 35.5. The minimum absolute atomic E-state index is 0. The summed E-state index contributed by atoms with van der Waals surface area (Å²) in [4.78, 5) is 12.1. The molecule has 1 saturated heterocycles. The van der Waals surface area contributed by atoms with E-state index in [-0.39, 0.29) is 24.2 Å². The molecule has 0 unspecified atom stereocenters. The van der Waals surface area contributed by atoms with E-state index in [9.17, 15) is 4.79 Å². The summed E-state index contributed by atoms with van der Waals surface area (Å²) < 4.78 is 0. The van der Waals surface area contributed by atoms with Gasteiger partial charge < -0.3 is 10.6 Å². The van der Waals surface area contributed by atoms with E-state index in [1.54, 1.807) is 0 Å². The number of benzene rings is 2. The van der Waals surface area contributed by atoms with Crippen LogP contribution in [0.2, 0.25) is 0 Å². The summed E-state index contributed by atoms with van der Waals surface area (Å²) in [6.45, 7) is 2.64. The van der Waals surface area contributed by atoms with Crippen molar-refractivity contribution in [3.63, 3.8) is 0 Å². The topological polar surface area (TPSA) is 41.1 Å². The third-order valence-electron chi connectivity index (χ3n) is 4.28. The van der Waals surface area contributed by atoms with E-state index in [0.29, 0.717) is 0 Å². The second kappa shape index (κ2) is 8.16.